The Morgan fingerprint density at radius 3 is 2.61 bits per heavy atom. The normalized spacial score (nSPS) is 17.7. The smallest absolute Gasteiger partial charge is 0.330 e. The van der Waals surface area contributed by atoms with E-state index in [4.69, 9.17) is 9.76 Å². The third-order valence-electron chi connectivity index (χ3n) is 3.44. The van der Waals surface area contributed by atoms with Crippen LogP contribution in [-0.2, 0) is 6.54 Å². The van der Waals surface area contributed by atoms with Gasteiger partial charge < -0.3 is 14.7 Å². The number of nitrogens with zero attached hydrogens (tertiary/aromatic N) is 2. The van der Waals surface area contributed by atoms with Crippen molar-refractivity contribution in [3.05, 3.63) is 23.8 Å². The molecule has 0 spiro atoms. The molecular formula is C13H20BN2O2. The first-order valence-corrected chi connectivity index (χ1v) is 6.28. The first kappa shape index (κ1) is 13.4. The summed E-state index contributed by atoms with van der Waals surface area (Å²) in [7, 11) is 4.87. The van der Waals surface area contributed by atoms with Gasteiger partial charge in [-0.2, -0.15) is 0 Å². The number of ether oxygens (including phenoxy) is 1. The van der Waals surface area contributed by atoms with Crippen LogP contribution >= 0.6 is 0 Å². The van der Waals surface area contributed by atoms with Crippen LogP contribution in [0.5, 0.6) is 5.75 Å². The average Bonchev–Trinajstić information content (AvgIpc) is 2.41. The van der Waals surface area contributed by atoms with Crippen molar-refractivity contribution >= 4 is 12.9 Å². The predicted molar refractivity (Wildman–Crippen MR) is 73.4 cm³/mol. The van der Waals surface area contributed by atoms with E-state index < -0.39 is 0 Å². The molecule has 0 atom stereocenters. The molecule has 1 fully saturated rings. The molecule has 0 amide bonds. The third-order valence-corrected chi connectivity index (χ3v) is 3.44. The summed E-state index contributed by atoms with van der Waals surface area (Å²) in [5.41, 5.74) is 1.95. The molecule has 2 rings (SSSR count). The zero-order valence-electron chi connectivity index (χ0n) is 11.1. The molecule has 1 N–H and O–H groups in total. The molecule has 4 nitrogen and oxygen atoms in total. The lowest BCUT2D eigenvalue weighted by Crippen LogP contribution is -2.43. The lowest BCUT2D eigenvalue weighted by atomic mass is 9.87. The lowest BCUT2D eigenvalue weighted by molar-refractivity contribution is 0.148. The Bertz CT molecular complexity index is 393. The number of likely N-dealkylation sites (N-methyl/N-ethyl adjacent to an activating group) is 1. The molecule has 5 heteroatoms. The highest BCUT2D eigenvalue weighted by Gasteiger charge is 2.14. The molecular weight excluding hydrogens is 227 g/mol. The molecule has 1 aromatic carbocycles. The fourth-order valence-corrected chi connectivity index (χ4v) is 2.22. The first-order valence-electron chi connectivity index (χ1n) is 6.28. The molecule has 1 radical (unpaired) electrons. The van der Waals surface area contributed by atoms with Gasteiger partial charge in [-0.1, -0.05) is 12.1 Å². The summed E-state index contributed by atoms with van der Waals surface area (Å²) in [6.45, 7) is 5.40. The summed E-state index contributed by atoms with van der Waals surface area (Å²) in [5, 5.41) is 9.07. The van der Waals surface area contributed by atoms with E-state index in [0.29, 0.717) is 0 Å². The van der Waals surface area contributed by atoms with Gasteiger partial charge in [-0.3, -0.25) is 4.90 Å². The van der Waals surface area contributed by atoms with Gasteiger partial charge in [0, 0.05) is 32.7 Å². The molecule has 1 aromatic rings. The summed E-state index contributed by atoms with van der Waals surface area (Å²) in [6, 6.07) is 5.94. The zero-order valence-corrected chi connectivity index (χ0v) is 11.1. The molecule has 0 saturated carbocycles. The molecule has 1 saturated heterocycles. The van der Waals surface area contributed by atoms with Crippen LogP contribution in [0.2, 0.25) is 0 Å². The fraction of sp³-hybridized carbons (Fsp3) is 0.538. The number of hydrogen-bond donors (Lipinski definition) is 1. The number of methoxy groups -OCH3 is 1. The van der Waals surface area contributed by atoms with E-state index in [2.05, 4.69) is 16.8 Å². The van der Waals surface area contributed by atoms with Crippen LogP contribution in [0.1, 0.15) is 5.56 Å². The number of hydrogen-bond acceptors (Lipinski definition) is 4. The van der Waals surface area contributed by atoms with Gasteiger partial charge >= 0.3 is 7.48 Å². The van der Waals surface area contributed by atoms with Gasteiger partial charge in [0.05, 0.1) is 7.11 Å². The van der Waals surface area contributed by atoms with Gasteiger partial charge in [0.15, 0.2) is 0 Å². The quantitative estimate of drug-likeness (QED) is 0.740. The van der Waals surface area contributed by atoms with E-state index in [-0.39, 0.29) is 0 Å². The standard InChI is InChI=1S/C13H20BN2O2/c1-15-5-7-16(8-6-15)10-11-3-4-12(14-17)13(9-11)18-2/h3-4,9,17H,5-8,10H2,1-2H3. The third kappa shape index (κ3) is 3.25. The molecule has 0 unspecified atom stereocenters. The fourth-order valence-electron chi connectivity index (χ4n) is 2.22. The van der Waals surface area contributed by atoms with E-state index >= 15 is 0 Å². The zero-order chi connectivity index (χ0) is 13.0. The van der Waals surface area contributed by atoms with Crippen LogP contribution in [0.4, 0.5) is 0 Å². The highest BCUT2D eigenvalue weighted by Crippen LogP contribution is 2.13. The molecule has 0 bridgehead atoms. The molecule has 0 aromatic heterocycles. The molecule has 97 valence electrons. The van der Waals surface area contributed by atoms with Gasteiger partial charge in [-0.05, 0) is 24.1 Å². The Labute approximate surface area is 109 Å². The van der Waals surface area contributed by atoms with Gasteiger partial charge in [0.1, 0.15) is 5.75 Å². The number of piperazine rings is 1. The SMILES string of the molecule is COc1cc(CN2CCN(C)CC2)ccc1[B]O. The Balaban J connectivity index is 2.01. The van der Waals surface area contributed by atoms with Crippen molar-refractivity contribution in [3.63, 3.8) is 0 Å². The van der Waals surface area contributed by atoms with E-state index in [1.165, 1.54) is 5.56 Å². The molecule has 18 heavy (non-hydrogen) atoms. The Morgan fingerprint density at radius 1 is 1.28 bits per heavy atom. The lowest BCUT2D eigenvalue weighted by Gasteiger charge is -2.32. The van der Waals surface area contributed by atoms with Crippen molar-refractivity contribution in [2.75, 3.05) is 40.3 Å². The van der Waals surface area contributed by atoms with Crippen LogP contribution in [0.3, 0.4) is 0 Å². The van der Waals surface area contributed by atoms with Crippen LogP contribution in [0.15, 0.2) is 18.2 Å². The van der Waals surface area contributed by atoms with Crippen molar-refractivity contribution in [2.24, 2.45) is 0 Å². The monoisotopic (exact) mass is 247 g/mol. The molecule has 1 heterocycles. The van der Waals surface area contributed by atoms with Gasteiger partial charge in [0.2, 0.25) is 0 Å². The van der Waals surface area contributed by atoms with Crippen LogP contribution < -0.4 is 10.2 Å². The minimum Gasteiger partial charge on any atom is -0.497 e. The van der Waals surface area contributed by atoms with Crippen LogP contribution in [-0.4, -0.2) is 62.6 Å². The number of benzene rings is 1. The summed E-state index contributed by atoms with van der Waals surface area (Å²) in [4.78, 5) is 4.79. The minimum atomic E-state index is 0.722. The van der Waals surface area contributed by atoms with Crippen molar-refractivity contribution in [3.8, 4) is 5.75 Å². The minimum absolute atomic E-state index is 0.722. The predicted octanol–water partition coefficient (Wildman–Crippen LogP) is -0.321. The summed E-state index contributed by atoms with van der Waals surface area (Å²) in [6.07, 6.45) is 0. The van der Waals surface area contributed by atoms with Crippen LogP contribution in [0.25, 0.3) is 0 Å². The van der Waals surface area contributed by atoms with Gasteiger partial charge in [-0.25, -0.2) is 0 Å². The van der Waals surface area contributed by atoms with Crippen molar-refractivity contribution in [2.45, 2.75) is 6.54 Å². The second-order valence-corrected chi connectivity index (χ2v) is 4.78. The first-order chi connectivity index (χ1) is 8.72. The summed E-state index contributed by atoms with van der Waals surface area (Å²) >= 11 is 0. The molecule has 0 aliphatic carbocycles. The maximum atomic E-state index is 9.07. The van der Waals surface area contributed by atoms with Crippen molar-refractivity contribution in [1.29, 1.82) is 0 Å². The largest absolute Gasteiger partial charge is 0.497 e. The summed E-state index contributed by atoms with van der Waals surface area (Å²) in [5.74, 6) is 0.726. The Hall–Kier alpha value is -1.04. The summed E-state index contributed by atoms with van der Waals surface area (Å²) < 4.78 is 5.27. The molecule has 1 aliphatic heterocycles. The van der Waals surface area contributed by atoms with Crippen molar-refractivity contribution < 1.29 is 9.76 Å². The Kier molecular flexibility index (Phi) is 4.63. The average molecular weight is 247 g/mol. The highest BCUT2D eigenvalue weighted by atomic mass is 16.5. The van der Waals surface area contributed by atoms with E-state index in [0.717, 1.165) is 51.4 Å². The topological polar surface area (TPSA) is 35.9 Å². The molecule has 1 aliphatic rings. The van der Waals surface area contributed by atoms with Gasteiger partial charge in [-0.15, -0.1) is 0 Å². The second-order valence-electron chi connectivity index (χ2n) is 4.78. The van der Waals surface area contributed by atoms with E-state index in [1.54, 1.807) is 7.11 Å². The second kappa shape index (κ2) is 6.23. The number of rotatable bonds is 4. The Morgan fingerprint density at radius 2 is 2.00 bits per heavy atom. The maximum absolute atomic E-state index is 9.07. The van der Waals surface area contributed by atoms with Crippen LogP contribution in [0, 0.1) is 0 Å². The van der Waals surface area contributed by atoms with Gasteiger partial charge in [0.25, 0.3) is 0 Å². The van der Waals surface area contributed by atoms with E-state index in [1.807, 2.05) is 18.2 Å². The van der Waals surface area contributed by atoms with E-state index in [9.17, 15) is 0 Å². The highest BCUT2D eigenvalue weighted by molar-refractivity contribution is 6.46. The van der Waals surface area contributed by atoms with Crippen molar-refractivity contribution in [1.82, 2.24) is 9.80 Å². The maximum Gasteiger partial charge on any atom is 0.330 e.